The van der Waals surface area contributed by atoms with Gasteiger partial charge in [-0.3, -0.25) is 4.79 Å². The zero-order valence-corrected chi connectivity index (χ0v) is 7.64. The first-order valence-corrected chi connectivity index (χ1v) is 4.86. The number of Topliss-reactive ketones (excluding diaryl/α,β-unsaturated/α-hetero) is 1. The minimum absolute atomic E-state index is 0.107. The van der Waals surface area contributed by atoms with Gasteiger partial charge >= 0.3 is 0 Å². The lowest BCUT2D eigenvalue weighted by molar-refractivity contribution is -0.118. The van der Waals surface area contributed by atoms with Gasteiger partial charge in [0.25, 0.3) is 0 Å². The second-order valence-electron chi connectivity index (χ2n) is 2.62. The third kappa shape index (κ3) is 3.15. The Morgan fingerprint density at radius 3 is 3.00 bits per heavy atom. The minimum atomic E-state index is 0.107. The van der Waals surface area contributed by atoms with Gasteiger partial charge in [-0.25, -0.2) is 0 Å². The first-order chi connectivity index (χ1) is 5.83. The van der Waals surface area contributed by atoms with Gasteiger partial charge in [-0.1, -0.05) is 6.07 Å². The molecule has 0 saturated heterocycles. The van der Waals surface area contributed by atoms with Gasteiger partial charge in [0.15, 0.2) is 0 Å². The summed E-state index contributed by atoms with van der Waals surface area (Å²) in [5, 5.41) is 10.5. The van der Waals surface area contributed by atoms with E-state index in [1.807, 2.05) is 17.5 Å². The van der Waals surface area contributed by atoms with Crippen molar-refractivity contribution in [2.24, 2.45) is 0 Å². The lowest BCUT2D eigenvalue weighted by Crippen LogP contribution is -2.01. The maximum Gasteiger partial charge on any atom is 0.138 e. The molecule has 0 atom stereocenters. The van der Waals surface area contributed by atoms with Crippen LogP contribution in [0.4, 0.5) is 0 Å². The molecule has 0 amide bonds. The Morgan fingerprint density at radius 1 is 1.58 bits per heavy atom. The molecule has 0 aromatic carbocycles. The van der Waals surface area contributed by atoms with Crippen LogP contribution in [0, 0.1) is 0 Å². The van der Waals surface area contributed by atoms with E-state index < -0.39 is 0 Å². The molecule has 0 saturated carbocycles. The Hall–Kier alpha value is -0.670. The summed E-state index contributed by atoms with van der Waals surface area (Å²) in [7, 11) is 0. The number of hydrogen-bond acceptors (Lipinski definition) is 3. The maximum absolute atomic E-state index is 11.2. The van der Waals surface area contributed by atoms with E-state index in [4.69, 9.17) is 5.11 Å². The summed E-state index contributed by atoms with van der Waals surface area (Å²) in [6.45, 7) is 0.107. The molecule has 66 valence electrons. The third-order valence-electron chi connectivity index (χ3n) is 1.57. The highest BCUT2D eigenvalue weighted by molar-refractivity contribution is 7.10. The largest absolute Gasteiger partial charge is 0.396 e. The summed E-state index contributed by atoms with van der Waals surface area (Å²) >= 11 is 1.60. The first kappa shape index (κ1) is 9.42. The number of carbonyl (C=O) groups excluding carboxylic acids is 1. The fraction of sp³-hybridized carbons (Fsp3) is 0.444. The molecular weight excluding hydrogens is 172 g/mol. The van der Waals surface area contributed by atoms with E-state index in [0.717, 1.165) is 4.88 Å². The Labute approximate surface area is 75.9 Å². The zero-order chi connectivity index (χ0) is 8.81. The van der Waals surface area contributed by atoms with Crippen LogP contribution in [0.15, 0.2) is 17.5 Å². The van der Waals surface area contributed by atoms with E-state index in [0.29, 0.717) is 19.3 Å². The first-order valence-electron chi connectivity index (χ1n) is 3.98. The van der Waals surface area contributed by atoms with Crippen molar-refractivity contribution < 1.29 is 9.90 Å². The molecule has 12 heavy (non-hydrogen) atoms. The van der Waals surface area contributed by atoms with E-state index in [1.165, 1.54) is 0 Å². The van der Waals surface area contributed by atoms with Crippen molar-refractivity contribution in [1.29, 1.82) is 0 Å². The third-order valence-corrected chi connectivity index (χ3v) is 2.44. The Bertz CT molecular complexity index is 229. The van der Waals surface area contributed by atoms with Crippen molar-refractivity contribution in [3.8, 4) is 0 Å². The minimum Gasteiger partial charge on any atom is -0.396 e. The van der Waals surface area contributed by atoms with Gasteiger partial charge in [-0.15, -0.1) is 11.3 Å². The second kappa shape index (κ2) is 5.06. The summed E-state index contributed by atoms with van der Waals surface area (Å²) in [5.41, 5.74) is 0. The highest BCUT2D eigenvalue weighted by Crippen LogP contribution is 2.10. The molecule has 2 nitrogen and oxygen atoms in total. The second-order valence-corrected chi connectivity index (χ2v) is 3.65. The van der Waals surface area contributed by atoms with Gasteiger partial charge in [0.05, 0.1) is 0 Å². The molecule has 0 radical (unpaired) electrons. The fourth-order valence-electron chi connectivity index (χ4n) is 0.972. The zero-order valence-electron chi connectivity index (χ0n) is 6.82. The molecule has 0 spiro atoms. The standard InChI is InChI=1S/C9H12O2S/c10-5-1-3-8(11)7-9-4-2-6-12-9/h2,4,6,10H,1,3,5,7H2. The molecule has 0 aliphatic carbocycles. The van der Waals surface area contributed by atoms with Crippen LogP contribution < -0.4 is 0 Å². The molecular formula is C9H12O2S. The predicted molar refractivity (Wildman–Crippen MR) is 49.3 cm³/mol. The average molecular weight is 184 g/mol. The topological polar surface area (TPSA) is 37.3 Å². The molecule has 1 N–H and O–H groups in total. The van der Waals surface area contributed by atoms with Crippen molar-refractivity contribution in [1.82, 2.24) is 0 Å². The van der Waals surface area contributed by atoms with Crippen LogP contribution >= 0.6 is 11.3 Å². The van der Waals surface area contributed by atoms with Crippen LogP contribution in [0.3, 0.4) is 0 Å². The summed E-state index contributed by atoms with van der Waals surface area (Å²) in [6, 6.07) is 3.90. The Morgan fingerprint density at radius 2 is 2.42 bits per heavy atom. The van der Waals surface area contributed by atoms with Gasteiger partial charge in [-0.05, 0) is 17.9 Å². The van der Waals surface area contributed by atoms with Gasteiger partial charge in [-0.2, -0.15) is 0 Å². The maximum atomic E-state index is 11.2. The number of thiophene rings is 1. The molecule has 1 rings (SSSR count). The predicted octanol–water partition coefficient (Wildman–Crippen LogP) is 1.63. The van der Waals surface area contributed by atoms with Gasteiger partial charge in [0.1, 0.15) is 5.78 Å². The van der Waals surface area contributed by atoms with Gasteiger partial charge in [0, 0.05) is 24.3 Å². The summed E-state index contributed by atoms with van der Waals surface area (Å²) in [6.07, 6.45) is 1.61. The monoisotopic (exact) mass is 184 g/mol. The summed E-state index contributed by atoms with van der Waals surface area (Å²) in [5.74, 6) is 0.214. The van der Waals surface area contributed by atoms with E-state index in [9.17, 15) is 4.79 Å². The number of aliphatic hydroxyl groups excluding tert-OH is 1. The van der Waals surface area contributed by atoms with E-state index in [2.05, 4.69) is 0 Å². The number of rotatable bonds is 5. The average Bonchev–Trinajstić information content (AvgIpc) is 2.53. The highest BCUT2D eigenvalue weighted by Gasteiger charge is 2.03. The molecule has 3 heteroatoms. The number of hydrogen-bond donors (Lipinski definition) is 1. The number of carbonyl (C=O) groups is 1. The van der Waals surface area contributed by atoms with Crippen LogP contribution in [0.2, 0.25) is 0 Å². The molecule has 0 fully saturated rings. The van der Waals surface area contributed by atoms with Gasteiger partial charge in [0.2, 0.25) is 0 Å². The number of ketones is 1. The lowest BCUT2D eigenvalue weighted by atomic mass is 10.1. The molecule has 0 aliphatic heterocycles. The molecule has 0 unspecified atom stereocenters. The Balaban J connectivity index is 2.27. The molecule has 0 aliphatic rings. The Kier molecular flexibility index (Phi) is 3.97. The molecule has 1 heterocycles. The smallest absolute Gasteiger partial charge is 0.138 e. The van der Waals surface area contributed by atoms with Crippen LogP contribution in [0.1, 0.15) is 17.7 Å². The number of aliphatic hydroxyl groups is 1. The molecule has 1 aromatic heterocycles. The van der Waals surface area contributed by atoms with Crippen molar-refractivity contribution in [2.45, 2.75) is 19.3 Å². The van der Waals surface area contributed by atoms with Crippen molar-refractivity contribution in [3.63, 3.8) is 0 Å². The van der Waals surface area contributed by atoms with Crippen molar-refractivity contribution in [2.75, 3.05) is 6.61 Å². The van der Waals surface area contributed by atoms with Gasteiger partial charge < -0.3 is 5.11 Å². The van der Waals surface area contributed by atoms with Crippen molar-refractivity contribution >= 4 is 17.1 Å². The van der Waals surface area contributed by atoms with E-state index in [1.54, 1.807) is 11.3 Å². The normalized spacial score (nSPS) is 10.1. The van der Waals surface area contributed by atoms with Crippen LogP contribution in [-0.2, 0) is 11.2 Å². The van der Waals surface area contributed by atoms with E-state index in [-0.39, 0.29) is 12.4 Å². The highest BCUT2D eigenvalue weighted by atomic mass is 32.1. The van der Waals surface area contributed by atoms with Crippen LogP contribution in [-0.4, -0.2) is 17.5 Å². The van der Waals surface area contributed by atoms with Crippen LogP contribution in [0.25, 0.3) is 0 Å². The van der Waals surface area contributed by atoms with E-state index >= 15 is 0 Å². The quantitative estimate of drug-likeness (QED) is 0.755. The van der Waals surface area contributed by atoms with Crippen molar-refractivity contribution in [3.05, 3.63) is 22.4 Å². The summed E-state index contributed by atoms with van der Waals surface area (Å²) in [4.78, 5) is 12.3. The molecule has 1 aromatic rings. The fourth-order valence-corrected chi connectivity index (χ4v) is 1.71. The summed E-state index contributed by atoms with van der Waals surface area (Å²) < 4.78 is 0. The molecule has 0 bridgehead atoms. The SMILES string of the molecule is O=C(CCCO)Cc1cccs1. The van der Waals surface area contributed by atoms with Crippen LogP contribution in [0.5, 0.6) is 0 Å². The lowest BCUT2D eigenvalue weighted by Gasteiger charge is -1.95.